The third kappa shape index (κ3) is 55.6. The summed E-state index contributed by atoms with van der Waals surface area (Å²) >= 11 is 0. The van der Waals surface area contributed by atoms with E-state index >= 15 is 0 Å². The van der Waals surface area contributed by atoms with E-state index in [0.29, 0.717) is 0 Å². The van der Waals surface area contributed by atoms with Crippen molar-refractivity contribution in [1.82, 2.24) is 0 Å². The Labute approximate surface area is 70.7 Å². The van der Waals surface area contributed by atoms with Gasteiger partial charge in [-0.2, -0.15) is 0 Å². The number of nitrogens with zero attached hydrogens (tertiary/aromatic N) is 1. The van der Waals surface area contributed by atoms with E-state index in [1.54, 1.807) is 0 Å². The van der Waals surface area contributed by atoms with Gasteiger partial charge < -0.3 is 15.3 Å². The summed E-state index contributed by atoms with van der Waals surface area (Å²) in [5.74, 6) is 0. The van der Waals surface area contributed by atoms with Crippen LogP contribution >= 0.6 is 0 Å². The van der Waals surface area contributed by atoms with Crippen LogP contribution in [0.2, 0.25) is 0 Å². The van der Waals surface area contributed by atoms with Gasteiger partial charge in [-0.1, -0.05) is 0 Å². The predicted octanol–water partition coefficient (Wildman–Crippen LogP) is -3.24. The summed E-state index contributed by atoms with van der Waals surface area (Å²) in [7, 11) is 0. The normalized spacial score (nSPS) is 4.80. The molecule has 0 unspecified atom stereocenters. The maximum absolute atomic E-state index is 8.25. The largest absolute Gasteiger partial charge is 1.00 e. The predicted molar refractivity (Wildman–Crippen MR) is 10.4 cm³/mol. The van der Waals surface area contributed by atoms with Crippen LogP contribution in [0.4, 0.5) is 0 Å². The van der Waals surface area contributed by atoms with Crippen molar-refractivity contribution in [2.45, 2.75) is 0 Å². The van der Waals surface area contributed by atoms with Crippen molar-refractivity contribution < 1.29 is 56.5 Å². The van der Waals surface area contributed by atoms with Gasteiger partial charge in [0.25, 0.3) is 0 Å². The Balaban J connectivity index is 0. The molecule has 0 fully saturated rings. The van der Waals surface area contributed by atoms with Gasteiger partial charge in [0.15, 0.2) is 0 Å². The van der Waals surface area contributed by atoms with E-state index in [9.17, 15) is 0 Å². The van der Waals surface area contributed by atoms with Crippen LogP contribution in [0.5, 0.6) is 0 Å². The van der Waals surface area contributed by atoms with E-state index < -0.39 is 5.09 Å². The van der Waals surface area contributed by atoms with E-state index in [4.69, 9.17) is 15.3 Å². The first-order valence-corrected chi connectivity index (χ1v) is 0.548. The number of hydrogen-bond acceptors (Lipinski definition) is 3. The molecular weight excluding hydrogens is 108 g/mol. The van der Waals surface area contributed by atoms with Gasteiger partial charge in [0.05, 0.1) is 5.09 Å². The number of rotatable bonds is 0. The smallest absolute Gasteiger partial charge is 0.356 e. The molecule has 0 aliphatic carbocycles. The second-order valence-electron chi connectivity index (χ2n) is 0.224. The molecule has 0 radical (unpaired) electrons. The van der Waals surface area contributed by atoms with E-state index in [1.165, 1.54) is 0 Å². The molecule has 0 saturated heterocycles. The fourth-order valence-corrected chi connectivity index (χ4v) is 0. The molecule has 0 aliphatic rings. The van der Waals surface area contributed by atoms with E-state index in [1.807, 2.05) is 0 Å². The summed E-state index contributed by atoms with van der Waals surface area (Å²) in [5.41, 5.74) is 0. The van der Waals surface area contributed by atoms with Gasteiger partial charge in [0.1, 0.15) is 0 Å². The van der Waals surface area contributed by atoms with Crippen molar-refractivity contribution in [3.05, 3.63) is 15.3 Å². The molecule has 0 aliphatic heterocycles. The molecule has 0 rings (SSSR count). The SMILES string of the molecule is [18O]=[15N+]([18O-])[18O-].[K+]. The van der Waals surface area contributed by atoms with Crippen molar-refractivity contribution in [3.8, 4) is 0 Å². The van der Waals surface area contributed by atoms with Crippen molar-refractivity contribution in [3.63, 3.8) is 0 Å². The fourth-order valence-electron chi connectivity index (χ4n) is 0. The van der Waals surface area contributed by atoms with Crippen molar-refractivity contribution in [2.75, 3.05) is 0 Å². The molecule has 0 N–H and O–H groups in total. The van der Waals surface area contributed by atoms with Crippen molar-refractivity contribution >= 4 is 0 Å². The molecule has 0 aromatic rings. The average molecular weight is 108 g/mol. The molecule has 0 heterocycles. The minimum atomic E-state index is -1.75. The molecule has 0 spiro atoms. The maximum atomic E-state index is 8.25. The first kappa shape index (κ1) is 9.28. The Bertz CT molecular complexity index is 29.9. The maximum Gasteiger partial charge on any atom is 1.00 e. The Morgan fingerprint density at radius 2 is 1.40 bits per heavy atom. The summed E-state index contributed by atoms with van der Waals surface area (Å²) in [4.78, 5) is 8.25. The van der Waals surface area contributed by atoms with Crippen LogP contribution in [0.3, 0.4) is 0 Å². The van der Waals surface area contributed by atoms with Crippen LogP contribution in [0.1, 0.15) is 0 Å². The zero-order chi connectivity index (χ0) is 3.58. The molecule has 5 heteroatoms. The summed E-state index contributed by atoms with van der Waals surface area (Å²) < 4.78 is 0. The quantitative estimate of drug-likeness (QED) is 0.108. The Morgan fingerprint density at radius 1 is 1.40 bits per heavy atom. The third-order valence-corrected chi connectivity index (χ3v) is 0. The second kappa shape index (κ2) is 4.84. The van der Waals surface area contributed by atoms with Crippen LogP contribution in [0, 0.1) is 15.3 Å². The molecule has 0 aromatic carbocycles. The van der Waals surface area contributed by atoms with Gasteiger partial charge in [-0.3, -0.25) is 0 Å². The van der Waals surface area contributed by atoms with Gasteiger partial charge >= 0.3 is 51.4 Å². The summed E-state index contributed by atoms with van der Waals surface area (Å²) in [6.45, 7) is 0. The Morgan fingerprint density at radius 3 is 1.40 bits per heavy atom. The molecule has 4 nitrogen and oxygen atoms in total. The summed E-state index contributed by atoms with van der Waals surface area (Å²) in [5, 5.41) is 14.8. The van der Waals surface area contributed by atoms with Crippen molar-refractivity contribution in [1.29, 1.82) is 0 Å². The fraction of sp³-hybridized carbons (Fsp3) is 0. The molecule has 0 bridgehead atoms. The van der Waals surface area contributed by atoms with E-state index in [2.05, 4.69) is 0 Å². The van der Waals surface area contributed by atoms with Crippen LogP contribution < -0.4 is 51.4 Å². The van der Waals surface area contributed by atoms with Gasteiger partial charge in [0, 0.05) is 0 Å². The molecule has 0 aromatic heterocycles. The Kier molecular flexibility index (Phi) is 8.97. The average Bonchev–Trinajstić information content (AvgIpc) is 0.811. The zero-order valence-corrected chi connectivity index (χ0v) is 5.80. The minimum absolute atomic E-state index is 0. The molecule has 24 valence electrons. The molecule has 5 heavy (non-hydrogen) atoms. The van der Waals surface area contributed by atoms with E-state index in [0.717, 1.165) is 0 Å². The standard InChI is InChI=1S/K.NO3/c;2-1(3)4/q+1;-1/i;1+1,2+2,3+2,4+2. The second-order valence-corrected chi connectivity index (χ2v) is 0.224. The third-order valence-electron chi connectivity index (χ3n) is 0. The van der Waals surface area contributed by atoms with E-state index in [-0.39, 0.29) is 51.4 Å². The van der Waals surface area contributed by atoms with Gasteiger partial charge in [-0.05, 0) is 0 Å². The first-order chi connectivity index (χ1) is 1.73. The number of hydrogen-bond donors (Lipinski definition) is 0. The van der Waals surface area contributed by atoms with Crippen LogP contribution in [0.25, 0.3) is 0 Å². The van der Waals surface area contributed by atoms with Gasteiger partial charge in [-0.25, -0.2) is 0 Å². The molecule has 0 amide bonds. The van der Waals surface area contributed by atoms with Crippen LogP contribution in [-0.2, 0) is 0 Å². The monoisotopic (exact) mass is 108 g/mol. The van der Waals surface area contributed by atoms with Crippen LogP contribution in [0.15, 0.2) is 0 Å². The summed E-state index contributed by atoms with van der Waals surface area (Å²) in [6, 6.07) is 0. The topological polar surface area (TPSA) is 66.2 Å². The van der Waals surface area contributed by atoms with Gasteiger partial charge in [0.2, 0.25) is 0 Å². The molecular formula is KNO3. The van der Waals surface area contributed by atoms with Gasteiger partial charge in [-0.15, -0.1) is 0 Å². The van der Waals surface area contributed by atoms with Crippen molar-refractivity contribution in [2.24, 2.45) is 0 Å². The Hall–Kier alpha value is 0.836. The summed E-state index contributed by atoms with van der Waals surface area (Å²) in [6.07, 6.45) is 0. The van der Waals surface area contributed by atoms with Crippen LogP contribution in [-0.4, -0.2) is 5.09 Å². The molecule has 0 atom stereocenters. The first-order valence-electron chi connectivity index (χ1n) is 0.548. The minimum Gasteiger partial charge on any atom is -0.356 e. The molecule has 0 saturated carbocycles. The zero-order valence-electron chi connectivity index (χ0n) is 2.67.